The van der Waals surface area contributed by atoms with E-state index in [4.69, 9.17) is 33.7 Å². The maximum Gasteiger partial charge on any atom is 0.332 e. The standard InChI is InChI=1S/C17H15Cl2N3O5/c1-21-15(20)14(16(25)22(2)17(21)26)12(23)8-27-13(24)6-4-9-3-5-10(18)7-11(9)19/h3-7H,8,20H2,1-2H3. The van der Waals surface area contributed by atoms with E-state index in [1.807, 2.05) is 0 Å². The molecule has 2 rings (SSSR count). The predicted molar refractivity (Wildman–Crippen MR) is 102 cm³/mol. The van der Waals surface area contributed by atoms with Crippen LogP contribution in [0.1, 0.15) is 15.9 Å². The molecular formula is C17H15Cl2N3O5. The van der Waals surface area contributed by atoms with Crippen molar-refractivity contribution in [1.82, 2.24) is 9.13 Å². The van der Waals surface area contributed by atoms with Crippen LogP contribution in [0, 0.1) is 0 Å². The zero-order valence-corrected chi connectivity index (χ0v) is 15.9. The highest BCUT2D eigenvalue weighted by molar-refractivity contribution is 6.35. The quantitative estimate of drug-likeness (QED) is 0.452. The van der Waals surface area contributed by atoms with Crippen molar-refractivity contribution in [2.75, 3.05) is 12.3 Å². The molecule has 0 atom stereocenters. The van der Waals surface area contributed by atoms with E-state index < -0.39 is 35.2 Å². The molecule has 0 radical (unpaired) electrons. The lowest BCUT2D eigenvalue weighted by Crippen LogP contribution is -2.42. The average molecular weight is 412 g/mol. The second-order valence-electron chi connectivity index (χ2n) is 5.50. The third-order valence-corrected chi connectivity index (χ3v) is 4.26. The van der Waals surface area contributed by atoms with Crippen LogP contribution in [0.15, 0.2) is 33.9 Å². The van der Waals surface area contributed by atoms with Crippen LogP contribution < -0.4 is 17.0 Å². The first-order valence-corrected chi connectivity index (χ1v) is 8.27. The van der Waals surface area contributed by atoms with Gasteiger partial charge in [0, 0.05) is 30.2 Å². The molecule has 1 aromatic carbocycles. The van der Waals surface area contributed by atoms with Gasteiger partial charge in [-0.2, -0.15) is 0 Å². The zero-order valence-electron chi connectivity index (χ0n) is 14.4. The first-order chi connectivity index (χ1) is 12.6. The summed E-state index contributed by atoms with van der Waals surface area (Å²) in [5.41, 5.74) is 4.25. The Morgan fingerprint density at radius 2 is 1.85 bits per heavy atom. The van der Waals surface area contributed by atoms with E-state index in [1.165, 1.54) is 26.2 Å². The Labute approximate surface area is 163 Å². The number of hydrogen-bond donors (Lipinski definition) is 1. The summed E-state index contributed by atoms with van der Waals surface area (Å²) in [5.74, 6) is -1.95. The number of carbonyl (C=O) groups is 2. The molecule has 1 heterocycles. The van der Waals surface area contributed by atoms with E-state index in [9.17, 15) is 19.2 Å². The molecule has 1 aromatic heterocycles. The van der Waals surface area contributed by atoms with E-state index in [1.54, 1.807) is 12.1 Å². The van der Waals surface area contributed by atoms with Gasteiger partial charge in [-0.25, -0.2) is 9.59 Å². The van der Waals surface area contributed by atoms with Gasteiger partial charge in [0.05, 0.1) is 0 Å². The summed E-state index contributed by atoms with van der Waals surface area (Å²) in [6, 6.07) is 4.71. The summed E-state index contributed by atoms with van der Waals surface area (Å²) < 4.78 is 6.53. The average Bonchev–Trinajstić information content (AvgIpc) is 2.62. The molecule has 10 heteroatoms. The van der Waals surface area contributed by atoms with Crippen LogP contribution in [-0.4, -0.2) is 27.5 Å². The van der Waals surface area contributed by atoms with Crippen LogP contribution in [-0.2, 0) is 23.6 Å². The summed E-state index contributed by atoms with van der Waals surface area (Å²) in [5, 5.41) is 0.783. The monoisotopic (exact) mass is 411 g/mol. The lowest BCUT2D eigenvalue weighted by atomic mass is 10.2. The fraction of sp³-hybridized carbons (Fsp3) is 0.176. The summed E-state index contributed by atoms with van der Waals surface area (Å²) in [7, 11) is 2.53. The minimum absolute atomic E-state index is 0.298. The minimum Gasteiger partial charge on any atom is -0.454 e. The highest BCUT2D eigenvalue weighted by atomic mass is 35.5. The molecular weight excluding hydrogens is 397 g/mol. The Bertz CT molecular complexity index is 1070. The lowest BCUT2D eigenvalue weighted by Gasteiger charge is -2.10. The van der Waals surface area contributed by atoms with Crippen LogP contribution >= 0.6 is 23.2 Å². The van der Waals surface area contributed by atoms with Crippen LogP contribution in [0.2, 0.25) is 10.0 Å². The van der Waals surface area contributed by atoms with Crippen molar-refractivity contribution in [3.8, 4) is 0 Å². The lowest BCUT2D eigenvalue weighted by molar-refractivity contribution is -0.136. The number of aromatic nitrogens is 2. The fourth-order valence-electron chi connectivity index (χ4n) is 2.17. The Morgan fingerprint density at radius 1 is 1.19 bits per heavy atom. The largest absolute Gasteiger partial charge is 0.454 e. The van der Waals surface area contributed by atoms with E-state index in [0.717, 1.165) is 15.2 Å². The van der Waals surface area contributed by atoms with Crippen LogP contribution in [0.3, 0.4) is 0 Å². The number of nitrogens with zero attached hydrogens (tertiary/aromatic N) is 2. The summed E-state index contributed by atoms with van der Waals surface area (Å²) in [4.78, 5) is 47.8. The van der Waals surface area contributed by atoms with E-state index >= 15 is 0 Å². The molecule has 8 nitrogen and oxygen atoms in total. The van der Waals surface area contributed by atoms with Gasteiger partial charge in [0.15, 0.2) is 6.61 Å². The number of ketones is 1. The van der Waals surface area contributed by atoms with Gasteiger partial charge in [-0.1, -0.05) is 29.3 Å². The number of anilines is 1. The Kier molecular flexibility index (Phi) is 6.24. The second-order valence-corrected chi connectivity index (χ2v) is 6.34. The fourth-order valence-corrected chi connectivity index (χ4v) is 2.64. The van der Waals surface area contributed by atoms with Crippen LogP contribution in [0.25, 0.3) is 6.08 Å². The summed E-state index contributed by atoms with van der Waals surface area (Å²) >= 11 is 11.8. The molecule has 0 aliphatic rings. The number of benzene rings is 1. The number of nitrogen functional groups attached to an aromatic ring is 1. The normalized spacial score (nSPS) is 11.0. The highest BCUT2D eigenvalue weighted by Gasteiger charge is 2.21. The number of hydrogen-bond acceptors (Lipinski definition) is 6. The third kappa shape index (κ3) is 4.47. The molecule has 0 saturated heterocycles. The first-order valence-electron chi connectivity index (χ1n) is 7.52. The van der Waals surface area contributed by atoms with Crippen LogP contribution in [0.4, 0.5) is 5.82 Å². The molecule has 0 aliphatic carbocycles. The Balaban J connectivity index is 2.12. The summed E-state index contributed by atoms with van der Waals surface area (Å²) in [6.07, 6.45) is 2.47. The topological polar surface area (TPSA) is 113 Å². The van der Waals surface area contributed by atoms with Crippen molar-refractivity contribution < 1.29 is 14.3 Å². The van der Waals surface area contributed by atoms with Crippen LogP contribution in [0.5, 0.6) is 0 Å². The molecule has 0 fully saturated rings. The van der Waals surface area contributed by atoms with Crippen molar-refractivity contribution >= 4 is 46.8 Å². The van der Waals surface area contributed by atoms with Gasteiger partial charge in [0.25, 0.3) is 5.56 Å². The molecule has 0 amide bonds. The van der Waals surface area contributed by atoms with Gasteiger partial charge in [0.2, 0.25) is 5.78 Å². The van der Waals surface area contributed by atoms with Gasteiger partial charge in [-0.15, -0.1) is 0 Å². The highest BCUT2D eigenvalue weighted by Crippen LogP contribution is 2.21. The number of nitrogens with two attached hydrogens (primary N) is 1. The van der Waals surface area contributed by atoms with Crippen molar-refractivity contribution in [2.45, 2.75) is 0 Å². The Hall–Kier alpha value is -2.84. The number of halogens is 2. The smallest absolute Gasteiger partial charge is 0.332 e. The molecule has 0 aliphatic heterocycles. The van der Waals surface area contributed by atoms with E-state index in [-0.39, 0.29) is 5.82 Å². The maximum atomic E-state index is 12.2. The second kappa shape index (κ2) is 8.24. The van der Waals surface area contributed by atoms with E-state index in [0.29, 0.717) is 15.6 Å². The number of rotatable bonds is 5. The third-order valence-electron chi connectivity index (χ3n) is 3.70. The number of esters is 1. The predicted octanol–water partition coefficient (Wildman–Crippen LogP) is 1.41. The minimum atomic E-state index is -0.861. The van der Waals surface area contributed by atoms with Crippen molar-refractivity contribution in [3.63, 3.8) is 0 Å². The molecule has 0 unspecified atom stereocenters. The van der Waals surface area contributed by atoms with Crippen molar-refractivity contribution in [3.05, 3.63) is 66.3 Å². The molecule has 0 bridgehead atoms. The molecule has 2 N–H and O–H groups in total. The molecule has 0 saturated carbocycles. The SMILES string of the molecule is Cn1c(N)c(C(=O)COC(=O)C=Cc2ccc(Cl)cc2Cl)c(=O)n(C)c1=O. The van der Waals surface area contributed by atoms with E-state index in [2.05, 4.69) is 0 Å². The summed E-state index contributed by atoms with van der Waals surface area (Å²) in [6.45, 7) is -0.713. The van der Waals surface area contributed by atoms with Gasteiger partial charge in [0.1, 0.15) is 11.4 Å². The number of ether oxygens (including phenoxy) is 1. The first kappa shape index (κ1) is 20.5. The van der Waals surface area contributed by atoms with Crippen molar-refractivity contribution in [2.24, 2.45) is 14.1 Å². The molecule has 2 aromatic rings. The van der Waals surface area contributed by atoms with Gasteiger partial charge < -0.3 is 10.5 Å². The number of carbonyl (C=O) groups excluding carboxylic acids is 2. The van der Waals surface area contributed by atoms with Gasteiger partial charge in [-0.3, -0.25) is 18.7 Å². The maximum absolute atomic E-state index is 12.2. The molecule has 142 valence electrons. The zero-order chi connectivity index (χ0) is 20.3. The van der Waals surface area contributed by atoms with Gasteiger partial charge >= 0.3 is 11.7 Å². The molecule has 27 heavy (non-hydrogen) atoms. The Morgan fingerprint density at radius 3 is 2.48 bits per heavy atom. The molecule has 0 spiro atoms. The number of Topliss-reactive ketones (excluding diaryl/α,β-unsaturated/α-hetero) is 1. The van der Waals surface area contributed by atoms with Gasteiger partial charge in [-0.05, 0) is 23.8 Å². The van der Waals surface area contributed by atoms with Crippen molar-refractivity contribution in [1.29, 1.82) is 0 Å².